The van der Waals surface area contributed by atoms with Gasteiger partial charge in [-0.2, -0.15) is 0 Å². The van der Waals surface area contributed by atoms with Gasteiger partial charge in [0.1, 0.15) is 5.76 Å². The number of carbonyl (C=O) groups excluding carboxylic acids is 1. The number of piperidine rings is 1. The predicted octanol–water partition coefficient (Wildman–Crippen LogP) is 2.98. The Morgan fingerprint density at radius 2 is 2.10 bits per heavy atom. The summed E-state index contributed by atoms with van der Waals surface area (Å²) in [6, 6.07) is 10.4. The zero-order chi connectivity index (χ0) is 21.2. The van der Waals surface area contributed by atoms with Crippen LogP contribution in [0.25, 0.3) is 11.3 Å². The Hall–Kier alpha value is -2.93. The van der Waals surface area contributed by atoms with E-state index in [2.05, 4.69) is 39.0 Å². The lowest BCUT2D eigenvalue weighted by Gasteiger charge is -2.58. The van der Waals surface area contributed by atoms with Crippen molar-refractivity contribution in [2.45, 2.75) is 44.8 Å². The maximum Gasteiger partial charge on any atom is 0.230 e. The molecule has 1 aliphatic carbocycles. The van der Waals surface area contributed by atoms with Gasteiger partial charge >= 0.3 is 0 Å². The fourth-order valence-corrected chi connectivity index (χ4v) is 6.05. The van der Waals surface area contributed by atoms with Crippen molar-refractivity contribution >= 4 is 5.91 Å². The lowest BCUT2D eigenvalue weighted by atomic mass is 9.53. The van der Waals surface area contributed by atoms with Crippen molar-refractivity contribution in [2.24, 2.45) is 11.3 Å². The van der Waals surface area contributed by atoms with Crippen molar-refractivity contribution < 1.29 is 14.4 Å². The number of hydrogen-bond donors (Lipinski definition) is 1. The standard InChI is InChI=1S/C24H26N4O3/c1-15-10-16(31-26-15)11-21(29)27-8-6-24(7-9-27)12-19(23(24)30)22-18-5-3-2-4-17(18)20-13-25-14-28(20)22/h2-5,10,13-14,19,22-23,30H,6-9,11-12H2,1H3/t19-,22+,23?/m0/s1. The molecule has 2 aliphatic heterocycles. The Balaban J connectivity index is 1.14. The van der Waals surface area contributed by atoms with Crippen molar-refractivity contribution in [3.8, 4) is 11.3 Å². The average Bonchev–Trinajstić information content (AvgIpc) is 3.49. The molecule has 7 heteroatoms. The molecule has 160 valence electrons. The van der Waals surface area contributed by atoms with Crippen LogP contribution in [0.2, 0.25) is 0 Å². The minimum atomic E-state index is -0.368. The van der Waals surface area contributed by atoms with Gasteiger partial charge in [0.05, 0.1) is 42.5 Å². The van der Waals surface area contributed by atoms with E-state index in [0.29, 0.717) is 18.8 Å². The summed E-state index contributed by atoms with van der Waals surface area (Å²) in [5.41, 5.74) is 4.35. The summed E-state index contributed by atoms with van der Waals surface area (Å²) in [7, 11) is 0. The number of carbonyl (C=O) groups is 1. The van der Waals surface area contributed by atoms with Gasteiger partial charge in [0.15, 0.2) is 0 Å². The second-order valence-corrected chi connectivity index (χ2v) is 9.39. The summed E-state index contributed by atoms with van der Waals surface area (Å²) in [4.78, 5) is 18.9. The predicted molar refractivity (Wildman–Crippen MR) is 113 cm³/mol. The molecule has 4 heterocycles. The van der Waals surface area contributed by atoms with E-state index < -0.39 is 0 Å². The van der Waals surface area contributed by atoms with Gasteiger partial charge in [-0.1, -0.05) is 29.4 Å². The van der Waals surface area contributed by atoms with Crippen LogP contribution in [0.5, 0.6) is 0 Å². The summed E-state index contributed by atoms with van der Waals surface area (Å²) in [5.74, 6) is 0.864. The topological polar surface area (TPSA) is 84.4 Å². The molecule has 1 N–H and O–H groups in total. The van der Waals surface area contributed by atoms with E-state index in [4.69, 9.17) is 4.52 Å². The fourth-order valence-electron chi connectivity index (χ4n) is 6.05. The number of aryl methyl sites for hydroxylation is 1. The first-order chi connectivity index (χ1) is 15.1. The van der Waals surface area contributed by atoms with Crippen LogP contribution in [-0.2, 0) is 11.2 Å². The number of benzene rings is 1. The molecule has 1 aromatic carbocycles. The largest absolute Gasteiger partial charge is 0.392 e. The van der Waals surface area contributed by atoms with Gasteiger partial charge in [-0.15, -0.1) is 0 Å². The average molecular weight is 418 g/mol. The van der Waals surface area contributed by atoms with Crippen LogP contribution in [0.3, 0.4) is 0 Å². The van der Waals surface area contributed by atoms with Crippen molar-refractivity contribution in [2.75, 3.05) is 13.1 Å². The second kappa shape index (κ2) is 6.79. The Morgan fingerprint density at radius 1 is 1.29 bits per heavy atom. The molecule has 2 fully saturated rings. The van der Waals surface area contributed by atoms with E-state index in [1.165, 1.54) is 11.1 Å². The van der Waals surface area contributed by atoms with Gasteiger partial charge in [-0.05, 0) is 31.7 Å². The van der Waals surface area contributed by atoms with Crippen LogP contribution in [0.15, 0.2) is 47.4 Å². The molecule has 2 aromatic heterocycles. The van der Waals surface area contributed by atoms with Crippen molar-refractivity contribution in [1.82, 2.24) is 19.6 Å². The van der Waals surface area contributed by atoms with Crippen LogP contribution in [-0.4, -0.2) is 49.8 Å². The normalized spacial score (nSPS) is 25.9. The highest BCUT2D eigenvalue weighted by Crippen LogP contribution is 2.59. The molecule has 0 radical (unpaired) electrons. The number of aliphatic hydroxyl groups excluding tert-OH is 1. The number of imidazole rings is 1. The SMILES string of the molecule is Cc1cc(CC(=O)N2CCC3(CC2)C[C@@H]([C@H]2c4ccccc4-c4cncn42)C3O)on1. The first kappa shape index (κ1) is 18.8. The van der Waals surface area contributed by atoms with Crippen molar-refractivity contribution in [3.63, 3.8) is 0 Å². The van der Waals surface area contributed by atoms with Crippen LogP contribution in [0.4, 0.5) is 0 Å². The van der Waals surface area contributed by atoms with E-state index in [9.17, 15) is 9.90 Å². The molecule has 3 atom stereocenters. The Bertz CT molecular complexity index is 1140. The van der Waals surface area contributed by atoms with Gasteiger partial charge < -0.3 is 19.1 Å². The van der Waals surface area contributed by atoms with E-state index in [-0.39, 0.29) is 35.8 Å². The molecule has 0 bridgehead atoms. The number of fused-ring (bicyclic) bond motifs is 3. The highest BCUT2D eigenvalue weighted by Gasteiger charge is 2.58. The number of amides is 1. The van der Waals surface area contributed by atoms with Crippen molar-refractivity contribution in [3.05, 3.63) is 59.9 Å². The number of aliphatic hydroxyl groups is 1. The molecule has 7 nitrogen and oxygen atoms in total. The quantitative estimate of drug-likeness (QED) is 0.707. The Labute approximate surface area is 180 Å². The van der Waals surface area contributed by atoms with Crippen LogP contribution >= 0.6 is 0 Å². The third kappa shape index (κ3) is 2.79. The lowest BCUT2D eigenvalue weighted by molar-refractivity contribution is -0.164. The van der Waals surface area contributed by atoms with Crippen LogP contribution in [0, 0.1) is 18.3 Å². The molecular weight excluding hydrogens is 392 g/mol. The molecule has 1 unspecified atom stereocenters. The van der Waals surface area contributed by atoms with Gasteiger partial charge in [0, 0.05) is 36.1 Å². The molecule has 1 amide bonds. The summed E-state index contributed by atoms with van der Waals surface area (Å²) in [5, 5.41) is 15.2. The van der Waals surface area contributed by atoms with Crippen molar-refractivity contribution in [1.29, 1.82) is 0 Å². The number of aromatic nitrogens is 3. The van der Waals surface area contributed by atoms with Crippen LogP contribution in [0.1, 0.15) is 42.3 Å². The molecule has 1 spiro atoms. The summed E-state index contributed by atoms with van der Waals surface area (Å²) >= 11 is 0. The maximum absolute atomic E-state index is 12.7. The highest BCUT2D eigenvalue weighted by molar-refractivity contribution is 5.78. The van der Waals surface area contributed by atoms with Gasteiger partial charge in [-0.25, -0.2) is 4.98 Å². The van der Waals surface area contributed by atoms with E-state index >= 15 is 0 Å². The highest BCUT2D eigenvalue weighted by atomic mass is 16.5. The van der Waals surface area contributed by atoms with Gasteiger partial charge in [-0.3, -0.25) is 4.79 Å². The zero-order valence-corrected chi connectivity index (χ0v) is 17.6. The first-order valence-electron chi connectivity index (χ1n) is 11.0. The molecule has 1 saturated heterocycles. The number of hydrogen-bond acceptors (Lipinski definition) is 5. The summed E-state index contributed by atoms with van der Waals surface area (Å²) in [6.45, 7) is 3.23. The summed E-state index contributed by atoms with van der Waals surface area (Å²) in [6.07, 6.45) is 6.36. The summed E-state index contributed by atoms with van der Waals surface area (Å²) < 4.78 is 7.42. The molecule has 3 aliphatic rings. The first-order valence-corrected chi connectivity index (χ1v) is 11.0. The minimum absolute atomic E-state index is 0.0733. The van der Waals surface area contributed by atoms with E-state index in [1.807, 2.05) is 30.4 Å². The lowest BCUT2D eigenvalue weighted by Crippen LogP contribution is -2.60. The van der Waals surface area contributed by atoms with Gasteiger partial charge in [0.2, 0.25) is 5.91 Å². The zero-order valence-electron chi connectivity index (χ0n) is 17.6. The fraction of sp³-hybridized carbons (Fsp3) is 0.458. The number of nitrogens with zero attached hydrogens (tertiary/aromatic N) is 4. The Morgan fingerprint density at radius 3 is 2.84 bits per heavy atom. The molecule has 1 saturated carbocycles. The molecular formula is C24H26N4O3. The minimum Gasteiger partial charge on any atom is -0.392 e. The molecule has 3 aromatic rings. The smallest absolute Gasteiger partial charge is 0.230 e. The maximum atomic E-state index is 12.7. The second-order valence-electron chi connectivity index (χ2n) is 9.39. The van der Waals surface area contributed by atoms with Gasteiger partial charge in [0.25, 0.3) is 0 Å². The van der Waals surface area contributed by atoms with Crippen LogP contribution < -0.4 is 0 Å². The third-order valence-corrected chi connectivity index (χ3v) is 7.72. The monoisotopic (exact) mass is 418 g/mol. The third-order valence-electron chi connectivity index (χ3n) is 7.72. The number of rotatable bonds is 3. The Kier molecular flexibility index (Phi) is 4.12. The molecule has 6 rings (SSSR count). The van der Waals surface area contributed by atoms with E-state index in [0.717, 1.165) is 30.7 Å². The number of likely N-dealkylation sites (tertiary alicyclic amines) is 1. The van der Waals surface area contributed by atoms with E-state index in [1.54, 1.807) is 0 Å². The molecule has 31 heavy (non-hydrogen) atoms.